The fourth-order valence-electron chi connectivity index (χ4n) is 4.45. The summed E-state index contributed by atoms with van der Waals surface area (Å²) in [5.74, 6) is 2.01. The molecule has 0 fully saturated rings. The molecule has 3 aromatic rings. The minimum Gasteiger partial charge on any atom is -0.325 e. The summed E-state index contributed by atoms with van der Waals surface area (Å²) in [6.45, 7) is 9.47. The first-order valence-electron chi connectivity index (χ1n) is 11.6. The van der Waals surface area contributed by atoms with E-state index in [1.807, 2.05) is 11.3 Å². The Kier molecular flexibility index (Phi) is 7.36. The number of carbonyl (C=O) groups excluding carboxylic acids is 1. The highest BCUT2D eigenvalue weighted by Gasteiger charge is 2.24. The van der Waals surface area contributed by atoms with Crippen LogP contribution in [-0.2, 0) is 37.0 Å². The summed E-state index contributed by atoms with van der Waals surface area (Å²) in [5.41, 5.74) is 6.01. The number of aromatic nitrogens is 3. The number of nitrogens with one attached hydrogen (secondary N) is 1. The summed E-state index contributed by atoms with van der Waals surface area (Å²) in [6, 6.07) is 6.24. The molecule has 0 bridgehead atoms. The molecule has 1 N–H and O–H groups in total. The summed E-state index contributed by atoms with van der Waals surface area (Å²) in [6.07, 6.45) is 5.31. The number of hydrogen-bond acceptors (Lipinski definition) is 5. The molecule has 170 valence electrons. The van der Waals surface area contributed by atoms with Gasteiger partial charge in [-0.1, -0.05) is 50.7 Å². The van der Waals surface area contributed by atoms with Crippen molar-refractivity contribution in [2.75, 3.05) is 11.1 Å². The number of thioether (sulfide) groups is 1. The second-order valence-electron chi connectivity index (χ2n) is 8.44. The van der Waals surface area contributed by atoms with E-state index in [1.165, 1.54) is 51.7 Å². The van der Waals surface area contributed by atoms with Crippen molar-refractivity contribution < 1.29 is 4.79 Å². The van der Waals surface area contributed by atoms with Crippen LogP contribution in [0.2, 0.25) is 0 Å². The molecule has 1 aromatic carbocycles. The number of aryl methyl sites for hydroxylation is 2. The molecule has 0 saturated heterocycles. The van der Waals surface area contributed by atoms with Crippen LogP contribution < -0.4 is 5.32 Å². The molecule has 1 unspecified atom stereocenters. The molecular weight excluding hydrogens is 436 g/mol. The average molecular weight is 469 g/mol. The number of para-hydroxylation sites is 1. The van der Waals surface area contributed by atoms with E-state index in [1.54, 1.807) is 0 Å². The van der Waals surface area contributed by atoms with Crippen molar-refractivity contribution in [3.05, 3.63) is 45.1 Å². The minimum absolute atomic E-state index is 0.000275. The minimum atomic E-state index is -0.000275. The molecule has 4 rings (SSSR count). The Balaban J connectivity index is 1.49. The van der Waals surface area contributed by atoms with Crippen LogP contribution in [0, 0.1) is 5.92 Å². The first-order valence-corrected chi connectivity index (χ1v) is 13.5. The van der Waals surface area contributed by atoms with E-state index < -0.39 is 0 Å². The Morgan fingerprint density at radius 1 is 1.22 bits per heavy atom. The fraction of sp³-hybridized carbons (Fsp3) is 0.480. The molecular formula is C25H32N4OS2. The first-order chi connectivity index (χ1) is 15.5. The third-order valence-electron chi connectivity index (χ3n) is 6.27. The summed E-state index contributed by atoms with van der Waals surface area (Å²) in [4.78, 5) is 14.3. The maximum Gasteiger partial charge on any atom is 0.234 e. The molecule has 0 aliphatic heterocycles. The standard InChI is InChI=1S/C25H32N4OS2/c1-5-17-9-8-10-18(6-2)23(17)26-22(30)15-32-25-28-27-24(29(25)7-3)20-14-31-21-13-16(4)11-12-19(20)21/h8-10,14,16H,5-7,11-13,15H2,1-4H3,(H,26,30). The fourth-order valence-corrected chi connectivity index (χ4v) is 6.50. The van der Waals surface area contributed by atoms with Crippen molar-refractivity contribution in [3.63, 3.8) is 0 Å². The number of hydrogen-bond donors (Lipinski definition) is 1. The van der Waals surface area contributed by atoms with Gasteiger partial charge in [0.2, 0.25) is 5.91 Å². The number of benzene rings is 1. The Bertz CT molecular complexity index is 1080. The molecule has 32 heavy (non-hydrogen) atoms. The second-order valence-corrected chi connectivity index (χ2v) is 10.4. The lowest BCUT2D eigenvalue weighted by molar-refractivity contribution is -0.113. The molecule has 7 heteroatoms. The van der Waals surface area contributed by atoms with Gasteiger partial charge in [-0.3, -0.25) is 4.79 Å². The lowest BCUT2D eigenvalue weighted by Crippen LogP contribution is -2.17. The maximum atomic E-state index is 12.8. The molecule has 2 heterocycles. The average Bonchev–Trinajstić information content (AvgIpc) is 3.40. The molecule has 0 saturated carbocycles. The third kappa shape index (κ3) is 4.64. The van der Waals surface area contributed by atoms with Crippen LogP contribution in [0.5, 0.6) is 0 Å². The van der Waals surface area contributed by atoms with Crippen LogP contribution >= 0.6 is 23.1 Å². The van der Waals surface area contributed by atoms with Crippen LogP contribution in [-0.4, -0.2) is 26.4 Å². The van der Waals surface area contributed by atoms with Gasteiger partial charge >= 0.3 is 0 Å². The summed E-state index contributed by atoms with van der Waals surface area (Å²) in [7, 11) is 0. The van der Waals surface area contributed by atoms with Gasteiger partial charge in [-0.25, -0.2) is 0 Å². The van der Waals surface area contributed by atoms with Gasteiger partial charge in [0.05, 0.1) is 5.75 Å². The number of anilines is 1. The Hall–Kier alpha value is -2.12. The monoisotopic (exact) mass is 468 g/mol. The van der Waals surface area contributed by atoms with Gasteiger partial charge in [-0.2, -0.15) is 0 Å². The van der Waals surface area contributed by atoms with Crippen molar-refractivity contribution in [2.24, 2.45) is 5.92 Å². The van der Waals surface area contributed by atoms with E-state index >= 15 is 0 Å². The highest BCUT2D eigenvalue weighted by molar-refractivity contribution is 7.99. The molecule has 2 aromatic heterocycles. The number of amides is 1. The molecule has 1 aliphatic carbocycles. The van der Waals surface area contributed by atoms with Gasteiger partial charge in [0.25, 0.3) is 0 Å². The first kappa shape index (κ1) is 23.1. The number of nitrogens with zero attached hydrogens (tertiary/aromatic N) is 3. The highest BCUT2D eigenvalue weighted by Crippen LogP contribution is 2.38. The predicted molar refractivity (Wildman–Crippen MR) is 135 cm³/mol. The summed E-state index contributed by atoms with van der Waals surface area (Å²) in [5, 5.41) is 15.2. The third-order valence-corrected chi connectivity index (χ3v) is 8.29. The van der Waals surface area contributed by atoms with E-state index in [-0.39, 0.29) is 5.91 Å². The van der Waals surface area contributed by atoms with E-state index in [0.717, 1.165) is 48.4 Å². The van der Waals surface area contributed by atoms with Gasteiger partial charge in [-0.05, 0) is 61.6 Å². The van der Waals surface area contributed by atoms with Gasteiger partial charge in [0.15, 0.2) is 11.0 Å². The number of carbonyl (C=O) groups is 1. The van der Waals surface area contributed by atoms with Crippen molar-refractivity contribution in [3.8, 4) is 11.4 Å². The van der Waals surface area contributed by atoms with Gasteiger partial charge in [0, 0.05) is 28.1 Å². The maximum absolute atomic E-state index is 12.8. The molecule has 1 aliphatic rings. The zero-order chi connectivity index (χ0) is 22.7. The van der Waals surface area contributed by atoms with E-state index in [4.69, 9.17) is 0 Å². The quantitative estimate of drug-likeness (QED) is 0.412. The Labute approximate surface area is 199 Å². The summed E-state index contributed by atoms with van der Waals surface area (Å²) < 4.78 is 2.15. The molecule has 5 nitrogen and oxygen atoms in total. The molecule has 1 atom stereocenters. The van der Waals surface area contributed by atoms with E-state index in [9.17, 15) is 4.79 Å². The van der Waals surface area contributed by atoms with Gasteiger partial charge in [0.1, 0.15) is 0 Å². The van der Waals surface area contributed by atoms with Crippen molar-refractivity contribution >= 4 is 34.7 Å². The van der Waals surface area contributed by atoms with Crippen LogP contribution in [0.25, 0.3) is 11.4 Å². The molecule has 0 spiro atoms. The molecule has 1 amide bonds. The van der Waals surface area contributed by atoms with Crippen LogP contribution in [0.3, 0.4) is 0 Å². The molecule has 0 radical (unpaired) electrons. The van der Waals surface area contributed by atoms with Crippen molar-refractivity contribution in [1.82, 2.24) is 14.8 Å². The normalized spacial score (nSPS) is 15.6. The van der Waals surface area contributed by atoms with Gasteiger partial charge < -0.3 is 9.88 Å². The lowest BCUT2D eigenvalue weighted by Gasteiger charge is -2.19. The number of fused-ring (bicyclic) bond motifs is 1. The van der Waals surface area contributed by atoms with E-state index in [2.05, 4.69) is 71.4 Å². The Morgan fingerprint density at radius 2 is 1.97 bits per heavy atom. The zero-order valence-electron chi connectivity index (χ0n) is 19.4. The zero-order valence-corrected chi connectivity index (χ0v) is 21.0. The lowest BCUT2D eigenvalue weighted by atomic mass is 9.88. The predicted octanol–water partition coefficient (Wildman–Crippen LogP) is 6.01. The van der Waals surface area contributed by atoms with Crippen molar-refractivity contribution in [1.29, 1.82) is 0 Å². The Morgan fingerprint density at radius 3 is 2.66 bits per heavy atom. The highest BCUT2D eigenvalue weighted by atomic mass is 32.2. The SMILES string of the molecule is CCc1cccc(CC)c1NC(=O)CSc1nnc(-c2csc3c2CCC(C)C3)n1CC. The second kappa shape index (κ2) is 10.2. The van der Waals surface area contributed by atoms with Crippen LogP contribution in [0.1, 0.15) is 55.7 Å². The van der Waals surface area contributed by atoms with Crippen LogP contribution in [0.4, 0.5) is 5.69 Å². The van der Waals surface area contributed by atoms with Gasteiger partial charge in [-0.15, -0.1) is 21.5 Å². The van der Waals surface area contributed by atoms with Crippen LogP contribution in [0.15, 0.2) is 28.7 Å². The van der Waals surface area contributed by atoms with Crippen molar-refractivity contribution in [2.45, 2.75) is 71.5 Å². The topological polar surface area (TPSA) is 59.8 Å². The number of rotatable bonds is 8. The smallest absolute Gasteiger partial charge is 0.234 e. The van der Waals surface area contributed by atoms with E-state index in [0.29, 0.717) is 5.75 Å². The number of thiophene rings is 1. The summed E-state index contributed by atoms with van der Waals surface area (Å²) >= 11 is 3.32. The largest absolute Gasteiger partial charge is 0.325 e.